The molecule has 0 aliphatic carbocycles. The molecule has 0 aromatic carbocycles. The number of rotatable bonds is 4. The molecule has 0 aliphatic rings. The molecule has 0 fully saturated rings. The molecule has 0 unspecified atom stereocenters. The molecule has 0 aliphatic heterocycles. The maximum absolute atomic E-state index is 12.1. The average molecular weight is 345 g/mol. The lowest BCUT2D eigenvalue weighted by atomic mass is 10.2. The minimum absolute atomic E-state index is 0.324. The van der Waals surface area contributed by atoms with Crippen molar-refractivity contribution >= 4 is 39.2 Å². The molecule has 7 nitrogen and oxygen atoms in total. The fourth-order valence-corrected chi connectivity index (χ4v) is 3.59. The van der Waals surface area contributed by atoms with E-state index in [0.717, 1.165) is 21.5 Å². The lowest BCUT2D eigenvalue weighted by molar-refractivity contribution is 0.0531. The zero-order valence-electron chi connectivity index (χ0n) is 14.3. The number of hydrogen-bond acceptors (Lipinski definition) is 7. The number of carbonyl (C=O) groups excluding carboxylic acids is 1. The molecule has 24 heavy (non-hydrogen) atoms. The average Bonchev–Trinajstić information content (AvgIpc) is 2.99. The Hall–Kier alpha value is -2.48. The number of aryl methyl sites for hydroxylation is 4. The van der Waals surface area contributed by atoms with Crippen LogP contribution in [0.15, 0.2) is 6.07 Å². The summed E-state index contributed by atoms with van der Waals surface area (Å²) in [6.45, 7) is 7.83. The summed E-state index contributed by atoms with van der Waals surface area (Å²) in [6.07, 6.45) is 0. The summed E-state index contributed by atoms with van der Waals surface area (Å²) in [6, 6.07) is 1.94. The van der Waals surface area contributed by atoms with E-state index in [0.29, 0.717) is 28.9 Å². The quantitative estimate of drug-likeness (QED) is 0.731. The van der Waals surface area contributed by atoms with Crippen molar-refractivity contribution in [2.75, 3.05) is 11.9 Å². The summed E-state index contributed by atoms with van der Waals surface area (Å²) in [5.74, 6) is 1.67. The SMILES string of the molecule is CCOC(=O)c1sc2nc(C)nc(Nc3cc(C)n(C)n3)c2c1C. The van der Waals surface area contributed by atoms with Crippen molar-refractivity contribution < 1.29 is 9.53 Å². The van der Waals surface area contributed by atoms with Crippen LogP contribution in [-0.2, 0) is 11.8 Å². The van der Waals surface area contributed by atoms with Crippen molar-refractivity contribution in [1.29, 1.82) is 0 Å². The van der Waals surface area contributed by atoms with E-state index in [1.807, 2.05) is 33.9 Å². The van der Waals surface area contributed by atoms with Gasteiger partial charge in [-0.15, -0.1) is 11.3 Å². The predicted molar refractivity (Wildman–Crippen MR) is 94.1 cm³/mol. The molecular formula is C16H19N5O2S. The number of nitrogens with one attached hydrogen (secondary N) is 1. The van der Waals surface area contributed by atoms with Crippen LogP contribution in [0.3, 0.4) is 0 Å². The van der Waals surface area contributed by atoms with Gasteiger partial charge in [0.2, 0.25) is 0 Å². The molecule has 0 spiro atoms. The topological polar surface area (TPSA) is 81.9 Å². The van der Waals surface area contributed by atoms with Crippen LogP contribution in [0.25, 0.3) is 10.2 Å². The van der Waals surface area contributed by atoms with Gasteiger partial charge in [-0.2, -0.15) is 5.10 Å². The van der Waals surface area contributed by atoms with Crippen LogP contribution in [0.1, 0.15) is 33.7 Å². The van der Waals surface area contributed by atoms with Crippen LogP contribution in [0.2, 0.25) is 0 Å². The highest BCUT2D eigenvalue weighted by Crippen LogP contribution is 2.35. The molecule has 0 amide bonds. The minimum Gasteiger partial charge on any atom is -0.462 e. The second-order valence-corrected chi connectivity index (χ2v) is 6.49. The van der Waals surface area contributed by atoms with Crippen LogP contribution < -0.4 is 5.32 Å². The van der Waals surface area contributed by atoms with Gasteiger partial charge >= 0.3 is 5.97 Å². The van der Waals surface area contributed by atoms with Crippen LogP contribution in [-0.4, -0.2) is 32.3 Å². The van der Waals surface area contributed by atoms with Crippen LogP contribution >= 0.6 is 11.3 Å². The van der Waals surface area contributed by atoms with Crippen molar-refractivity contribution in [3.05, 3.63) is 28.0 Å². The number of ether oxygens (including phenoxy) is 1. The second kappa shape index (κ2) is 6.20. The largest absolute Gasteiger partial charge is 0.462 e. The highest BCUT2D eigenvalue weighted by Gasteiger charge is 2.21. The van der Waals surface area contributed by atoms with Gasteiger partial charge in [0, 0.05) is 18.8 Å². The Morgan fingerprint density at radius 2 is 2.08 bits per heavy atom. The van der Waals surface area contributed by atoms with Crippen molar-refractivity contribution in [3.8, 4) is 0 Å². The molecule has 3 rings (SSSR count). The summed E-state index contributed by atoms with van der Waals surface area (Å²) >= 11 is 1.33. The molecule has 0 radical (unpaired) electrons. The second-order valence-electron chi connectivity index (χ2n) is 5.50. The lowest BCUT2D eigenvalue weighted by Gasteiger charge is -2.06. The van der Waals surface area contributed by atoms with E-state index in [9.17, 15) is 4.79 Å². The van der Waals surface area contributed by atoms with E-state index in [4.69, 9.17) is 4.74 Å². The van der Waals surface area contributed by atoms with Crippen LogP contribution in [0.5, 0.6) is 0 Å². The molecule has 3 heterocycles. The van der Waals surface area contributed by atoms with Gasteiger partial charge in [-0.3, -0.25) is 4.68 Å². The molecule has 1 N–H and O–H groups in total. The van der Waals surface area contributed by atoms with Crippen molar-refractivity contribution in [1.82, 2.24) is 19.7 Å². The first-order valence-corrected chi connectivity index (χ1v) is 8.44. The summed E-state index contributed by atoms with van der Waals surface area (Å²) in [5.41, 5.74) is 1.86. The number of nitrogens with zero attached hydrogens (tertiary/aromatic N) is 4. The number of aromatic nitrogens is 4. The summed E-state index contributed by atoms with van der Waals surface area (Å²) in [7, 11) is 1.88. The molecule has 0 saturated carbocycles. The van der Waals surface area contributed by atoms with Gasteiger partial charge in [-0.25, -0.2) is 14.8 Å². The zero-order valence-corrected chi connectivity index (χ0v) is 15.1. The van der Waals surface area contributed by atoms with Gasteiger partial charge in [0.25, 0.3) is 0 Å². The van der Waals surface area contributed by atoms with Gasteiger partial charge in [0.05, 0.1) is 12.0 Å². The Labute approximate surface area is 143 Å². The van der Waals surface area contributed by atoms with Crippen molar-refractivity contribution in [3.63, 3.8) is 0 Å². The van der Waals surface area contributed by atoms with E-state index in [2.05, 4.69) is 20.4 Å². The predicted octanol–water partition coefficient (Wildman–Crippen LogP) is 3.27. The highest BCUT2D eigenvalue weighted by molar-refractivity contribution is 7.20. The number of thiophene rings is 1. The Morgan fingerprint density at radius 3 is 2.71 bits per heavy atom. The molecule has 3 aromatic heterocycles. The zero-order chi connectivity index (χ0) is 17.4. The number of hydrogen-bond donors (Lipinski definition) is 1. The van der Waals surface area contributed by atoms with E-state index in [1.54, 1.807) is 11.6 Å². The van der Waals surface area contributed by atoms with Crippen molar-refractivity contribution in [2.24, 2.45) is 7.05 Å². The Morgan fingerprint density at radius 1 is 1.33 bits per heavy atom. The minimum atomic E-state index is -0.324. The van der Waals surface area contributed by atoms with E-state index in [1.165, 1.54) is 11.3 Å². The Kier molecular flexibility index (Phi) is 4.23. The molecule has 0 saturated heterocycles. The normalized spacial score (nSPS) is 11.0. The number of esters is 1. The molecule has 126 valence electrons. The first-order chi connectivity index (χ1) is 11.4. The monoisotopic (exact) mass is 345 g/mol. The van der Waals surface area contributed by atoms with Crippen LogP contribution in [0, 0.1) is 20.8 Å². The van der Waals surface area contributed by atoms with Gasteiger partial charge in [0.1, 0.15) is 21.3 Å². The van der Waals surface area contributed by atoms with E-state index in [-0.39, 0.29) is 5.97 Å². The molecule has 0 atom stereocenters. The van der Waals surface area contributed by atoms with Gasteiger partial charge in [-0.05, 0) is 33.3 Å². The third kappa shape index (κ3) is 2.84. The fourth-order valence-electron chi connectivity index (χ4n) is 2.47. The van der Waals surface area contributed by atoms with Gasteiger partial charge in [-0.1, -0.05) is 0 Å². The van der Waals surface area contributed by atoms with E-state index < -0.39 is 0 Å². The number of fused-ring (bicyclic) bond motifs is 1. The highest BCUT2D eigenvalue weighted by atomic mass is 32.1. The first-order valence-electron chi connectivity index (χ1n) is 7.63. The molecule has 0 bridgehead atoms. The van der Waals surface area contributed by atoms with Gasteiger partial charge in [0.15, 0.2) is 5.82 Å². The first kappa shape index (κ1) is 16.4. The van der Waals surface area contributed by atoms with Crippen molar-refractivity contribution in [2.45, 2.75) is 27.7 Å². The van der Waals surface area contributed by atoms with E-state index >= 15 is 0 Å². The molecular weight excluding hydrogens is 326 g/mol. The van der Waals surface area contributed by atoms with Gasteiger partial charge < -0.3 is 10.1 Å². The molecule has 3 aromatic rings. The number of carbonyl (C=O) groups is 1. The lowest BCUT2D eigenvalue weighted by Crippen LogP contribution is -2.04. The standard InChI is InChI=1S/C16H19N5O2S/c1-6-23-16(22)13-9(3)12-14(17-10(4)18-15(12)24-13)19-11-7-8(2)21(5)20-11/h7H,6H2,1-5H3,(H,17,18,19,20). The number of anilines is 2. The Bertz CT molecular complexity index is 909. The summed E-state index contributed by atoms with van der Waals surface area (Å²) in [5, 5.41) is 8.48. The molecule has 8 heteroatoms. The smallest absolute Gasteiger partial charge is 0.348 e. The summed E-state index contributed by atoms with van der Waals surface area (Å²) < 4.78 is 6.92. The third-order valence-corrected chi connectivity index (χ3v) is 4.89. The Balaban J connectivity index is 2.11. The summed E-state index contributed by atoms with van der Waals surface area (Å²) in [4.78, 5) is 22.4. The van der Waals surface area contributed by atoms with Crippen LogP contribution in [0.4, 0.5) is 11.6 Å². The maximum atomic E-state index is 12.1. The maximum Gasteiger partial charge on any atom is 0.348 e. The third-order valence-electron chi connectivity index (χ3n) is 3.72. The fraction of sp³-hybridized carbons (Fsp3) is 0.375.